The van der Waals surface area contributed by atoms with Gasteiger partial charge in [0.05, 0.1) is 0 Å². The summed E-state index contributed by atoms with van der Waals surface area (Å²) in [6.45, 7) is 3.61. The zero-order chi connectivity index (χ0) is 10.8. The molecule has 0 unspecified atom stereocenters. The third-order valence-corrected chi connectivity index (χ3v) is 3.89. The summed E-state index contributed by atoms with van der Waals surface area (Å²) in [6, 6.07) is 1.16. The maximum absolute atomic E-state index is 11.1. The molecule has 0 saturated heterocycles. The van der Waals surface area contributed by atoms with Crippen molar-refractivity contribution in [1.29, 1.82) is 0 Å². The molecule has 4 nitrogen and oxygen atoms in total. The second-order valence-corrected chi connectivity index (χ2v) is 5.04. The molecule has 0 aliphatic heterocycles. The normalized spacial score (nSPS) is 10.7. The van der Waals surface area contributed by atoms with Gasteiger partial charge >= 0.3 is 0 Å². The molecule has 0 aliphatic rings. The Morgan fingerprint density at radius 2 is 2.53 bits per heavy atom. The Morgan fingerprint density at radius 3 is 3.27 bits per heavy atom. The van der Waals surface area contributed by atoms with E-state index < -0.39 is 0 Å². The summed E-state index contributed by atoms with van der Waals surface area (Å²) >= 11 is 2.87. The van der Waals surface area contributed by atoms with Crippen molar-refractivity contribution in [2.24, 2.45) is 0 Å². The molecule has 0 atom stereocenters. The number of thiazole rings is 1. The van der Waals surface area contributed by atoms with Crippen LogP contribution in [0.25, 0.3) is 10.3 Å². The molecule has 78 valence electrons. The molecule has 6 heteroatoms. The Bertz CT molecular complexity index is 559. The average molecular weight is 240 g/mol. The van der Waals surface area contributed by atoms with Gasteiger partial charge in [0, 0.05) is 11.8 Å². The molecule has 0 aliphatic carbocycles. The molecule has 2 N–H and O–H groups in total. The molecule has 0 bridgehead atoms. The minimum Gasteiger partial charge on any atom is -0.506 e. The molecule has 0 spiro atoms. The van der Waals surface area contributed by atoms with Crippen molar-refractivity contribution < 1.29 is 5.11 Å². The zero-order valence-corrected chi connectivity index (χ0v) is 9.32. The number of thioether (sulfide) groups is 1. The second-order valence-electron chi connectivity index (χ2n) is 2.78. The largest absolute Gasteiger partial charge is 0.506 e. The number of aromatic nitrogens is 2. The van der Waals surface area contributed by atoms with E-state index >= 15 is 0 Å². The van der Waals surface area contributed by atoms with E-state index in [0.717, 1.165) is 16.2 Å². The first-order valence-electron chi connectivity index (χ1n) is 4.17. The number of H-pyrrole nitrogens is 1. The van der Waals surface area contributed by atoms with Crippen LogP contribution in [0, 0.1) is 0 Å². The Morgan fingerprint density at radius 1 is 1.73 bits per heavy atom. The van der Waals surface area contributed by atoms with E-state index in [9.17, 15) is 9.90 Å². The fourth-order valence-corrected chi connectivity index (χ4v) is 2.87. The molecule has 0 radical (unpaired) electrons. The number of rotatable bonds is 3. The number of fused-ring (bicyclic) bond motifs is 1. The van der Waals surface area contributed by atoms with Gasteiger partial charge in [-0.3, -0.25) is 4.79 Å². The topological polar surface area (TPSA) is 66.0 Å². The molecule has 2 aromatic rings. The van der Waals surface area contributed by atoms with Crippen LogP contribution in [-0.4, -0.2) is 20.8 Å². The molecule has 0 fully saturated rings. The summed E-state index contributed by atoms with van der Waals surface area (Å²) in [5.41, 5.74) is 0.0992. The van der Waals surface area contributed by atoms with Crippen LogP contribution in [0.15, 0.2) is 27.9 Å². The highest BCUT2D eigenvalue weighted by Gasteiger charge is 2.08. The Kier molecular flexibility index (Phi) is 2.79. The van der Waals surface area contributed by atoms with Gasteiger partial charge in [0.2, 0.25) is 0 Å². The van der Waals surface area contributed by atoms with Crippen molar-refractivity contribution >= 4 is 33.4 Å². The van der Waals surface area contributed by atoms with Gasteiger partial charge in [-0.05, 0) is 0 Å². The summed E-state index contributed by atoms with van der Waals surface area (Å²) in [6.07, 6.45) is 1.78. The maximum atomic E-state index is 11.1. The van der Waals surface area contributed by atoms with Gasteiger partial charge in [0.25, 0.3) is 5.56 Å². The Labute approximate surface area is 93.7 Å². The fraction of sp³-hybridized carbons (Fsp3) is 0.111. The molecule has 2 aromatic heterocycles. The average Bonchev–Trinajstić information content (AvgIpc) is 2.57. The second kappa shape index (κ2) is 4.08. The monoisotopic (exact) mass is 240 g/mol. The third kappa shape index (κ3) is 2.05. The van der Waals surface area contributed by atoms with Gasteiger partial charge in [-0.2, -0.15) is 0 Å². The van der Waals surface area contributed by atoms with Gasteiger partial charge in [0.15, 0.2) is 9.99 Å². The summed E-state index contributed by atoms with van der Waals surface area (Å²) < 4.78 is 1.42. The number of nitrogens with zero attached hydrogens (tertiary/aromatic N) is 1. The van der Waals surface area contributed by atoms with Gasteiger partial charge in [-0.25, -0.2) is 4.98 Å². The quantitative estimate of drug-likeness (QED) is 0.636. The van der Waals surface area contributed by atoms with Gasteiger partial charge in [0.1, 0.15) is 10.4 Å². The number of aromatic amines is 1. The van der Waals surface area contributed by atoms with Crippen LogP contribution in [0.3, 0.4) is 0 Å². The number of hydrogen-bond acceptors (Lipinski definition) is 5. The van der Waals surface area contributed by atoms with E-state index in [0.29, 0.717) is 10.3 Å². The zero-order valence-electron chi connectivity index (χ0n) is 7.69. The fourth-order valence-electron chi connectivity index (χ4n) is 1.09. The lowest BCUT2D eigenvalue weighted by Crippen LogP contribution is -2.02. The van der Waals surface area contributed by atoms with E-state index in [-0.39, 0.29) is 11.3 Å². The maximum Gasteiger partial charge on any atom is 0.253 e. The molecule has 2 rings (SSSR count). The van der Waals surface area contributed by atoms with Crippen LogP contribution >= 0.6 is 23.1 Å². The van der Waals surface area contributed by atoms with Crippen LogP contribution in [0.4, 0.5) is 0 Å². The van der Waals surface area contributed by atoms with Crippen LogP contribution in [0.2, 0.25) is 0 Å². The minimum atomic E-state index is -0.342. The van der Waals surface area contributed by atoms with E-state index in [1.165, 1.54) is 23.1 Å². The SMILES string of the molecule is C=CCSc1nc2[nH]c(=O)cc(O)c2s1. The number of pyridine rings is 1. The Hall–Kier alpha value is -1.27. The highest BCUT2D eigenvalue weighted by Crippen LogP contribution is 2.32. The molecule has 15 heavy (non-hydrogen) atoms. The molecule has 0 aromatic carbocycles. The predicted octanol–water partition coefficient (Wildman–Crippen LogP) is 1.97. The predicted molar refractivity (Wildman–Crippen MR) is 62.8 cm³/mol. The minimum absolute atomic E-state index is 0.0169. The standard InChI is InChI=1S/C9H8N2O2S2/c1-2-3-14-9-11-8-7(15-9)5(12)4-6(13)10-8/h2,4H,1,3H2,(H2,10,12,13). The molecular weight excluding hydrogens is 232 g/mol. The first kappa shape index (κ1) is 10.3. The summed E-state index contributed by atoms with van der Waals surface area (Å²) in [4.78, 5) is 17.8. The van der Waals surface area contributed by atoms with E-state index in [2.05, 4.69) is 16.5 Å². The van der Waals surface area contributed by atoms with E-state index in [1.54, 1.807) is 6.08 Å². The van der Waals surface area contributed by atoms with Crippen molar-refractivity contribution in [3.63, 3.8) is 0 Å². The van der Waals surface area contributed by atoms with Crippen LogP contribution in [0.5, 0.6) is 5.75 Å². The third-order valence-electron chi connectivity index (χ3n) is 1.67. The Balaban J connectivity index is 2.50. The summed E-state index contributed by atoms with van der Waals surface area (Å²) in [5.74, 6) is 0.738. The van der Waals surface area contributed by atoms with Crippen molar-refractivity contribution in [2.45, 2.75) is 4.34 Å². The lowest BCUT2D eigenvalue weighted by atomic mass is 10.4. The smallest absolute Gasteiger partial charge is 0.253 e. The number of hydrogen-bond donors (Lipinski definition) is 2. The van der Waals surface area contributed by atoms with Crippen molar-refractivity contribution in [2.75, 3.05) is 5.75 Å². The van der Waals surface area contributed by atoms with E-state index in [1.807, 2.05) is 0 Å². The van der Waals surface area contributed by atoms with Crippen molar-refractivity contribution in [3.8, 4) is 5.75 Å². The lowest BCUT2D eigenvalue weighted by molar-refractivity contribution is 0.481. The van der Waals surface area contributed by atoms with Crippen LogP contribution in [-0.2, 0) is 0 Å². The van der Waals surface area contributed by atoms with Crippen molar-refractivity contribution in [1.82, 2.24) is 9.97 Å². The number of aromatic hydroxyl groups is 1. The van der Waals surface area contributed by atoms with Crippen LogP contribution < -0.4 is 5.56 Å². The molecular formula is C9H8N2O2S2. The van der Waals surface area contributed by atoms with Gasteiger partial charge in [-0.1, -0.05) is 17.8 Å². The van der Waals surface area contributed by atoms with E-state index in [4.69, 9.17) is 0 Å². The van der Waals surface area contributed by atoms with Gasteiger partial charge < -0.3 is 10.1 Å². The highest BCUT2D eigenvalue weighted by molar-refractivity contribution is 8.01. The summed E-state index contributed by atoms with van der Waals surface area (Å²) in [5, 5.41) is 9.51. The molecule has 0 saturated carbocycles. The summed E-state index contributed by atoms with van der Waals surface area (Å²) in [7, 11) is 0. The van der Waals surface area contributed by atoms with Crippen LogP contribution in [0.1, 0.15) is 0 Å². The lowest BCUT2D eigenvalue weighted by Gasteiger charge is -1.89. The first-order valence-corrected chi connectivity index (χ1v) is 5.97. The molecule has 0 amide bonds. The first-order chi connectivity index (χ1) is 7.20. The number of nitrogens with one attached hydrogen (secondary N) is 1. The van der Waals surface area contributed by atoms with Gasteiger partial charge in [-0.15, -0.1) is 17.9 Å². The highest BCUT2D eigenvalue weighted by atomic mass is 32.2. The van der Waals surface area contributed by atoms with Crippen molar-refractivity contribution in [3.05, 3.63) is 29.1 Å². The molecule has 2 heterocycles.